The number of hydrogen-bond acceptors (Lipinski definition) is 4. The van der Waals surface area contributed by atoms with Crippen molar-refractivity contribution in [3.05, 3.63) is 45.5 Å². The number of aromatic hydroxyl groups is 1. The number of nitriles is 1. The van der Waals surface area contributed by atoms with Gasteiger partial charge in [0.25, 0.3) is 5.88 Å². The summed E-state index contributed by atoms with van der Waals surface area (Å²) in [4.78, 5) is 3.70. The summed E-state index contributed by atoms with van der Waals surface area (Å²) in [7, 11) is 0. The average Bonchev–Trinajstić information content (AvgIpc) is 2.33. The topological polar surface area (TPSA) is 66.1 Å². The van der Waals surface area contributed by atoms with Crippen molar-refractivity contribution in [2.45, 2.75) is 0 Å². The third-order valence-corrected chi connectivity index (χ3v) is 2.90. The monoisotopic (exact) mass is 324 g/mol. The number of halogens is 2. The minimum atomic E-state index is -0.247. The molecule has 2 aromatic rings. The zero-order valence-corrected chi connectivity index (χ0v) is 11.2. The van der Waals surface area contributed by atoms with Gasteiger partial charge in [-0.3, -0.25) is 0 Å². The van der Waals surface area contributed by atoms with Gasteiger partial charge in [0.1, 0.15) is 5.75 Å². The van der Waals surface area contributed by atoms with Gasteiger partial charge in [-0.2, -0.15) is 5.26 Å². The van der Waals surface area contributed by atoms with Crippen molar-refractivity contribution < 1.29 is 9.84 Å². The quantitative estimate of drug-likeness (QED) is 0.910. The van der Waals surface area contributed by atoms with Gasteiger partial charge in [-0.15, -0.1) is 0 Å². The van der Waals surface area contributed by atoms with Gasteiger partial charge in [0, 0.05) is 11.2 Å². The third kappa shape index (κ3) is 2.73. The minimum Gasteiger partial charge on any atom is -0.491 e. The van der Waals surface area contributed by atoms with Gasteiger partial charge in [0.05, 0.1) is 16.1 Å². The zero-order chi connectivity index (χ0) is 13.1. The summed E-state index contributed by atoms with van der Waals surface area (Å²) in [5, 5.41) is 18.8. The maximum atomic E-state index is 9.58. The number of hydrogen-bond donors (Lipinski definition) is 1. The van der Waals surface area contributed by atoms with Crippen molar-refractivity contribution in [1.82, 2.24) is 4.98 Å². The maximum absolute atomic E-state index is 9.58. The van der Waals surface area contributed by atoms with Crippen LogP contribution >= 0.6 is 27.5 Å². The molecule has 2 rings (SSSR count). The van der Waals surface area contributed by atoms with Crippen LogP contribution in [0, 0.1) is 11.3 Å². The van der Waals surface area contributed by atoms with Crippen molar-refractivity contribution in [1.29, 1.82) is 5.26 Å². The lowest BCUT2D eigenvalue weighted by atomic mass is 10.2. The lowest BCUT2D eigenvalue weighted by molar-refractivity contribution is 0.394. The third-order valence-electron chi connectivity index (χ3n) is 2.06. The summed E-state index contributed by atoms with van der Waals surface area (Å²) in [5.74, 6) is 0.273. The molecular formula is C12H6BrClN2O2. The molecule has 0 bridgehead atoms. The van der Waals surface area contributed by atoms with Gasteiger partial charge in [-0.05, 0) is 40.2 Å². The van der Waals surface area contributed by atoms with Crippen LogP contribution in [0.2, 0.25) is 5.02 Å². The molecule has 0 radical (unpaired) electrons. The lowest BCUT2D eigenvalue weighted by Crippen LogP contribution is -1.89. The van der Waals surface area contributed by atoms with E-state index < -0.39 is 0 Å². The van der Waals surface area contributed by atoms with E-state index in [1.165, 1.54) is 18.3 Å². The Morgan fingerprint density at radius 3 is 2.83 bits per heavy atom. The summed E-state index contributed by atoms with van der Waals surface area (Å²) in [6, 6.07) is 8.18. The summed E-state index contributed by atoms with van der Waals surface area (Å²) in [5.41, 5.74) is 0.372. The molecule has 0 unspecified atom stereocenters. The van der Waals surface area contributed by atoms with Crippen molar-refractivity contribution in [2.24, 2.45) is 0 Å². The molecule has 18 heavy (non-hydrogen) atoms. The Hall–Kier alpha value is -1.77. The highest BCUT2D eigenvalue weighted by Crippen LogP contribution is 2.36. The van der Waals surface area contributed by atoms with Crippen molar-refractivity contribution in [2.75, 3.05) is 0 Å². The first kappa shape index (κ1) is 12.7. The molecule has 1 heterocycles. The van der Waals surface area contributed by atoms with E-state index in [1.807, 2.05) is 6.07 Å². The smallest absolute Gasteiger partial charge is 0.256 e. The highest BCUT2D eigenvalue weighted by molar-refractivity contribution is 9.10. The molecule has 6 heteroatoms. The number of aromatic nitrogens is 1. The van der Waals surface area contributed by atoms with Crippen molar-refractivity contribution in [3.63, 3.8) is 0 Å². The molecular weight excluding hydrogens is 320 g/mol. The molecule has 0 atom stereocenters. The molecule has 0 fully saturated rings. The summed E-state index contributed by atoms with van der Waals surface area (Å²) in [6.07, 6.45) is 1.44. The van der Waals surface area contributed by atoms with E-state index in [4.69, 9.17) is 21.6 Å². The number of benzene rings is 1. The Morgan fingerprint density at radius 1 is 1.39 bits per heavy atom. The Bertz CT molecular complexity index is 620. The summed E-state index contributed by atoms with van der Waals surface area (Å²) in [6.45, 7) is 0. The molecule has 0 amide bonds. The van der Waals surface area contributed by atoms with Crippen LogP contribution in [0.3, 0.4) is 0 Å². The Labute approximate surface area is 117 Å². The second-order valence-electron chi connectivity index (χ2n) is 3.33. The van der Waals surface area contributed by atoms with Crippen LogP contribution in [0.15, 0.2) is 34.9 Å². The molecule has 0 spiro atoms. The van der Waals surface area contributed by atoms with Crippen LogP contribution in [0.1, 0.15) is 5.56 Å². The molecule has 4 nitrogen and oxygen atoms in total. The number of nitrogens with zero attached hydrogens (tertiary/aromatic N) is 2. The standard InChI is InChI=1S/C12H6BrClN2O2/c13-10-1-2-16-12(17)11(10)18-9-4-7(6-15)3-8(14)5-9/h1-5H,(H,16,17). The SMILES string of the molecule is N#Cc1cc(Cl)cc(Oc2c(Br)ccnc2O)c1. The molecule has 1 N–H and O–H groups in total. The number of rotatable bonds is 2. The van der Waals surface area contributed by atoms with E-state index in [0.29, 0.717) is 20.8 Å². The second-order valence-corrected chi connectivity index (χ2v) is 4.63. The molecule has 1 aromatic carbocycles. The van der Waals surface area contributed by atoms with Crippen LogP contribution in [-0.4, -0.2) is 10.1 Å². The summed E-state index contributed by atoms with van der Waals surface area (Å²) < 4.78 is 6.02. The molecule has 0 aliphatic heterocycles. The van der Waals surface area contributed by atoms with Crippen LogP contribution in [0.4, 0.5) is 0 Å². The molecule has 0 aliphatic rings. The minimum absolute atomic E-state index is 0.170. The first-order chi connectivity index (χ1) is 8.60. The van der Waals surface area contributed by atoms with Crippen LogP contribution < -0.4 is 4.74 Å². The van der Waals surface area contributed by atoms with Crippen molar-refractivity contribution in [3.8, 4) is 23.4 Å². The second kappa shape index (κ2) is 5.25. The molecule has 0 aliphatic carbocycles. The fourth-order valence-electron chi connectivity index (χ4n) is 1.31. The van der Waals surface area contributed by atoms with Crippen LogP contribution in [-0.2, 0) is 0 Å². The number of ether oxygens (including phenoxy) is 1. The van der Waals surface area contributed by atoms with E-state index in [0.717, 1.165) is 0 Å². The molecule has 0 saturated heterocycles. The van der Waals surface area contributed by atoms with E-state index in [9.17, 15) is 5.11 Å². The van der Waals surface area contributed by atoms with E-state index in [-0.39, 0.29) is 11.6 Å². The average molecular weight is 326 g/mol. The first-order valence-electron chi connectivity index (χ1n) is 4.82. The van der Waals surface area contributed by atoms with Gasteiger partial charge in [0.2, 0.25) is 5.75 Å². The number of pyridine rings is 1. The highest BCUT2D eigenvalue weighted by Gasteiger charge is 2.10. The first-order valence-corrected chi connectivity index (χ1v) is 5.99. The predicted octanol–water partition coefficient (Wildman–Crippen LogP) is 3.87. The summed E-state index contributed by atoms with van der Waals surface area (Å²) >= 11 is 9.09. The van der Waals surface area contributed by atoms with E-state index >= 15 is 0 Å². The largest absolute Gasteiger partial charge is 0.491 e. The predicted molar refractivity (Wildman–Crippen MR) is 69.8 cm³/mol. The van der Waals surface area contributed by atoms with Crippen molar-refractivity contribution >= 4 is 27.5 Å². The van der Waals surface area contributed by atoms with Crippen LogP contribution in [0.25, 0.3) is 0 Å². The zero-order valence-electron chi connectivity index (χ0n) is 8.89. The van der Waals surface area contributed by atoms with Gasteiger partial charge in [-0.1, -0.05) is 11.6 Å². The Morgan fingerprint density at radius 2 is 2.17 bits per heavy atom. The fourth-order valence-corrected chi connectivity index (χ4v) is 1.91. The molecule has 90 valence electrons. The fraction of sp³-hybridized carbons (Fsp3) is 0. The van der Waals surface area contributed by atoms with Gasteiger partial charge in [0.15, 0.2) is 0 Å². The normalized spacial score (nSPS) is 9.83. The van der Waals surface area contributed by atoms with Crippen LogP contribution in [0.5, 0.6) is 17.4 Å². The Kier molecular flexibility index (Phi) is 3.70. The van der Waals surface area contributed by atoms with Gasteiger partial charge >= 0.3 is 0 Å². The van der Waals surface area contributed by atoms with E-state index in [1.54, 1.807) is 12.1 Å². The highest BCUT2D eigenvalue weighted by atomic mass is 79.9. The lowest BCUT2D eigenvalue weighted by Gasteiger charge is -2.09. The van der Waals surface area contributed by atoms with Gasteiger partial charge < -0.3 is 9.84 Å². The molecule has 0 saturated carbocycles. The Balaban J connectivity index is 2.40. The molecule has 1 aromatic heterocycles. The maximum Gasteiger partial charge on any atom is 0.256 e. The van der Waals surface area contributed by atoms with Gasteiger partial charge in [-0.25, -0.2) is 4.98 Å². The van der Waals surface area contributed by atoms with E-state index in [2.05, 4.69) is 20.9 Å².